The van der Waals surface area contributed by atoms with Crippen molar-refractivity contribution in [1.82, 2.24) is 5.32 Å². The molecular weight excluding hydrogens is 266 g/mol. The number of amides is 3. The molecule has 0 unspecified atom stereocenters. The number of anilines is 1. The first-order valence-electron chi connectivity index (χ1n) is 7.60. The lowest BCUT2D eigenvalue weighted by atomic mass is 10.0. The topological polar surface area (TPSA) is 84.2 Å². The van der Waals surface area contributed by atoms with E-state index in [2.05, 4.69) is 10.6 Å². The van der Waals surface area contributed by atoms with Gasteiger partial charge >= 0.3 is 6.03 Å². The van der Waals surface area contributed by atoms with Gasteiger partial charge < -0.3 is 16.4 Å². The molecule has 1 fully saturated rings. The Hall–Kier alpha value is -2.04. The van der Waals surface area contributed by atoms with Gasteiger partial charge in [0, 0.05) is 17.8 Å². The Morgan fingerprint density at radius 3 is 2.43 bits per heavy atom. The normalized spacial score (nSPS) is 14.9. The lowest BCUT2D eigenvalue weighted by molar-refractivity contribution is 0.0952. The third kappa shape index (κ3) is 5.10. The third-order valence-corrected chi connectivity index (χ3v) is 3.96. The third-order valence-electron chi connectivity index (χ3n) is 3.96. The van der Waals surface area contributed by atoms with E-state index in [1.807, 2.05) is 0 Å². The minimum Gasteiger partial charge on any atom is -0.352 e. The molecule has 5 heteroatoms. The second-order valence-electron chi connectivity index (χ2n) is 5.62. The van der Waals surface area contributed by atoms with E-state index in [1.54, 1.807) is 24.3 Å². The Labute approximate surface area is 125 Å². The van der Waals surface area contributed by atoms with Crippen LogP contribution in [0.15, 0.2) is 24.3 Å². The molecule has 0 radical (unpaired) electrons. The van der Waals surface area contributed by atoms with Crippen LogP contribution in [0.4, 0.5) is 10.5 Å². The van der Waals surface area contributed by atoms with Crippen LogP contribution in [0.2, 0.25) is 0 Å². The lowest BCUT2D eigenvalue weighted by Gasteiger charge is -2.09. The number of hydrogen-bond donors (Lipinski definition) is 3. The predicted octanol–water partition coefficient (Wildman–Crippen LogP) is 2.88. The number of nitrogens with two attached hydrogens (primary N) is 1. The molecule has 5 nitrogen and oxygen atoms in total. The quantitative estimate of drug-likeness (QED) is 0.703. The van der Waals surface area contributed by atoms with Gasteiger partial charge in [0.25, 0.3) is 5.91 Å². The average molecular weight is 289 g/mol. The van der Waals surface area contributed by atoms with E-state index < -0.39 is 6.03 Å². The summed E-state index contributed by atoms with van der Waals surface area (Å²) in [7, 11) is 0. The van der Waals surface area contributed by atoms with E-state index in [9.17, 15) is 9.59 Å². The van der Waals surface area contributed by atoms with Crippen LogP contribution in [0, 0.1) is 5.92 Å². The van der Waals surface area contributed by atoms with E-state index in [4.69, 9.17) is 5.73 Å². The van der Waals surface area contributed by atoms with E-state index in [-0.39, 0.29) is 5.91 Å². The van der Waals surface area contributed by atoms with Crippen molar-refractivity contribution in [1.29, 1.82) is 0 Å². The standard InChI is InChI=1S/C16H23N3O2/c17-16(21)19-14-9-7-13(8-10-14)15(20)18-11-3-6-12-4-1-2-5-12/h7-10,12H,1-6,11H2,(H,18,20)(H3,17,19,21). The molecule has 0 aliphatic heterocycles. The van der Waals surface area contributed by atoms with E-state index >= 15 is 0 Å². The molecule has 0 bridgehead atoms. The molecule has 0 heterocycles. The van der Waals surface area contributed by atoms with Crippen LogP contribution >= 0.6 is 0 Å². The van der Waals surface area contributed by atoms with E-state index in [1.165, 1.54) is 32.1 Å². The van der Waals surface area contributed by atoms with Crippen molar-refractivity contribution in [2.75, 3.05) is 11.9 Å². The molecule has 21 heavy (non-hydrogen) atoms. The van der Waals surface area contributed by atoms with Crippen LogP contribution in [-0.2, 0) is 0 Å². The van der Waals surface area contributed by atoms with Crippen LogP contribution in [0.3, 0.4) is 0 Å². The minimum atomic E-state index is -0.612. The van der Waals surface area contributed by atoms with Gasteiger partial charge in [0.05, 0.1) is 0 Å². The molecule has 4 N–H and O–H groups in total. The highest BCUT2D eigenvalue weighted by Crippen LogP contribution is 2.28. The first-order chi connectivity index (χ1) is 10.1. The number of urea groups is 1. The molecular formula is C16H23N3O2. The Morgan fingerprint density at radius 1 is 1.14 bits per heavy atom. The van der Waals surface area contributed by atoms with Crippen LogP contribution in [0.1, 0.15) is 48.9 Å². The van der Waals surface area contributed by atoms with Gasteiger partial charge in [0.2, 0.25) is 0 Å². The molecule has 1 aromatic rings. The van der Waals surface area contributed by atoms with Gasteiger partial charge in [-0.1, -0.05) is 25.7 Å². The number of carbonyl (C=O) groups is 2. The van der Waals surface area contributed by atoms with Crippen molar-refractivity contribution in [3.8, 4) is 0 Å². The van der Waals surface area contributed by atoms with Crippen LogP contribution < -0.4 is 16.4 Å². The monoisotopic (exact) mass is 289 g/mol. The van der Waals surface area contributed by atoms with Gasteiger partial charge in [-0.05, 0) is 43.0 Å². The summed E-state index contributed by atoms with van der Waals surface area (Å²) in [5.41, 5.74) is 6.20. The molecule has 0 spiro atoms. The second kappa shape index (κ2) is 7.67. The summed E-state index contributed by atoms with van der Waals surface area (Å²) in [6.45, 7) is 0.719. The maximum atomic E-state index is 12.0. The summed E-state index contributed by atoms with van der Waals surface area (Å²) < 4.78 is 0. The van der Waals surface area contributed by atoms with Gasteiger partial charge in [-0.15, -0.1) is 0 Å². The number of rotatable bonds is 6. The number of benzene rings is 1. The smallest absolute Gasteiger partial charge is 0.316 e. The zero-order valence-electron chi connectivity index (χ0n) is 12.2. The van der Waals surface area contributed by atoms with E-state index in [0.717, 1.165) is 18.9 Å². The zero-order valence-corrected chi connectivity index (χ0v) is 12.2. The van der Waals surface area contributed by atoms with Crippen molar-refractivity contribution in [3.63, 3.8) is 0 Å². The highest BCUT2D eigenvalue weighted by Gasteiger charge is 2.14. The molecule has 0 atom stereocenters. The SMILES string of the molecule is NC(=O)Nc1ccc(C(=O)NCCCC2CCCC2)cc1. The first kappa shape index (κ1) is 15.4. The fourth-order valence-electron chi connectivity index (χ4n) is 2.84. The highest BCUT2D eigenvalue weighted by atomic mass is 16.2. The molecule has 114 valence electrons. The van der Waals surface area contributed by atoms with Gasteiger partial charge in [-0.3, -0.25) is 4.79 Å². The highest BCUT2D eigenvalue weighted by molar-refractivity contribution is 5.95. The maximum Gasteiger partial charge on any atom is 0.316 e. The largest absolute Gasteiger partial charge is 0.352 e. The van der Waals surface area contributed by atoms with Gasteiger partial charge in [0.15, 0.2) is 0 Å². The Bertz CT molecular complexity index is 479. The number of nitrogens with one attached hydrogen (secondary N) is 2. The van der Waals surface area contributed by atoms with Crippen LogP contribution in [0.25, 0.3) is 0 Å². The molecule has 1 aliphatic carbocycles. The molecule has 0 saturated heterocycles. The molecule has 1 saturated carbocycles. The molecule has 2 rings (SSSR count). The number of hydrogen-bond acceptors (Lipinski definition) is 2. The molecule has 3 amide bonds. The van der Waals surface area contributed by atoms with Crippen molar-refractivity contribution in [2.45, 2.75) is 38.5 Å². The van der Waals surface area contributed by atoms with Crippen molar-refractivity contribution < 1.29 is 9.59 Å². The Kier molecular flexibility index (Phi) is 5.60. The molecule has 1 aliphatic rings. The van der Waals surface area contributed by atoms with Gasteiger partial charge in [0.1, 0.15) is 0 Å². The van der Waals surface area contributed by atoms with Crippen LogP contribution in [-0.4, -0.2) is 18.5 Å². The summed E-state index contributed by atoms with van der Waals surface area (Å²) in [6, 6.07) is 6.07. The van der Waals surface area contributed by atoms with Gasteiger partial charge in [-0.2, -0.15) is 0 Å². The summed E-state index contributed by atoms with van der Waals surface area (Å²) in [6.07, 6.45) is 7.68. The summed E-state index contributed by atoms with van der Waals surface area (Å²) in [5, 5.41) is 5.39. The predicted molar refractivity (Wildman–Crippen MR) is 83.2 cm³/mol. The Balaban J connectivity index is 1.71. The average Bonchev–Trinajstić information content (AvgIpc) is 2.97. The van der Waals surface area contributed by atoms with Crippen molar-refractivity contribution in [3.05, 3.63) is 29.8 Å². The number of primary amides is 1. The first-order valence-corrected chi connectivity index (χ1v) is 7.60. The second-order valence-corrected chi connectivity index (χ2v) is 5.62. The lowest BCUT2D eigenvalue weighted by Crippen LogP contribution is -2.25. The molecule has 0 aromatic heterocycles. The minimum absolute atomic E-state index is 0.0768. The van der Waals surface area contributed by atoms with Crippen molar-refractivity contribution >= 4 is 17.6 Å². The Morgan fingerprint density at radius 2 is 1.81 bits per heavy atom. The van der Waals surface area contributed by atoms with E-state index in [0.29, 0.717) is 11.3 Å². The maximum absolute atomic E-state index is 12.0. The van der Waals surface area contributed by atoms with Gasteiger partial charge in [-0.25, -0.2) is 4.79 Å². The fraction of sp³-hybridized carbons (Fsp3) is 0.500. The zero-order chi connectivity index (χ0) is 15.1. The number of carbonyl (C=O) groups excluding carboxylic acids is 2. The van der Waals surface area contributed by atoms with Crippen molar-refractivity contribution in [2.24, 2.45) is 11.7 Å². The summed E-state index contributed by atoms with van der Waals surface area (Å²) in [4.78, 5) is 22.7. The summed E-state index contributed by atoms with van der Waals surface area (Å²) >= 11 is 0. The van der Waals surface area contributed by atoms with Crippen LogP contribution in [0.5, 0.6) is 0 Å². The summed E-state index contributed by atoms with van der Waals surface area (Å²) in [5.74, 6) is 0.785. The molecule has 1 aromatic carbocycles. The fourth-order valence-corrected chi connectivity index (χ4v) is 2.84.